The van der Waals surface area contributed by atoms with E-state index in [2.05, 4.69) is 10.1 Å². The first-order valence-electron chi connectivity index (χ1n) is 7.27. The summed E-state index contributed by atoms with van der Waals surface area (Å²) >= 11 is 0. The Labute approximate surface area is 149 Å². The maximum Gasteiger partial charge on any atom is 0.225 e. The smallest absolute Gasteiger partial charge is 0.225 e. The molecule has 2 rings (SSSR count). The van der Waals surface area contributed by atoms with Crippen molar-refractivity contribution in [2.75, 3.05) is 39.8 Å². The number of ether oxygens (including phenoxy) is 1. The molecule has 1 aromatic heterocycles. The lowest BCUT2D eigenvalue weighted by Gasteiger charge is -2.34. The summed E-state index contributed by atoms with van der Waals surface area (Å²) in [7, 11) is 1.59. The Kier molecular flexibility index (Phi) is 10.4. The predicted octanol–water partition coefficient (Wildman–Crippen LogP) is 0.835. The van der Waals surface area contributed by atoms with Gasteiger partial charge in [0.05, 0.1) is 24.8 Å². The van der Waals surface area contributed by atoms with Crippen LogP contribution in [0.5, 0.6) is 0 Å². The number of nitrogens with zero attached hydrogens (tertiary/aromatic N) is 3. The molecule has 0 spiro atoms. The number of hydrogen-bond donors (Lipinski definition) is 1. The lowest BCUT2D eigenvalue weighted by atomic mass is 10.2. The summed E-state index contributed by atoms with van der Waals surface area (Å²) in [6.45, 7) is 6.16. The number of aryl methyl sites for hydroxylation is 1. The van der Waals surface area contributed by atoms with E-state index in [9.17, 15) is 4.79 Å². The zero-order valence-corrected chi connectivity index (χ0v) is 15.2. The normalized spacial score (nSPS) is 16.4. The second-order valence-electron chi connectivity index (χ2n) is 5.39. The van der Waals surface area contributed by atoms with Crippen LogP contribution in [0.2, 0.25) is 0 Å². The fourth-order valence-corrected chi connectivity index (χ4v) is 2.45. The summed E-state index contributed by atoms with van der Waals surface area (Å²) in [6, 6.07) is 1.95. The zero-order valence-electron chi connectivity index (χ0n) is 13.6. The van der Waals surface area contributed by atoms with E-state index in [0.717, 1.165) is 44.2 Å². The molecule has 0 bridgehead atoms. The molecule has 0 saturated carbocycles. The van der Waals surface area contributed by atoms with Gasteiger partial charge in [-0.15, -0.1) is 24.8 Å². The molecule has 2 N–H and O–H groups in total. The van der Waals surface area contributed by atoms with Crippen molar-refractivity contribution in [1.29, 1.82) is 0 Å². The van der Waals surface area contributed by atoms with Gasteiger partial charge in [0.15, 0.2) is 5.76 Å². The number of halogens is 2. The Hall–Kier alpha value is -0.860. The van der Waals surface area contributed by atoms with Crippen molar-refractivity contribution in [1.82, 2.24) is 15.0 Å². The molecule has 1 saturated heterocycles. The fourth-order valence-electron chi connectivity index (χ4n) is 2.45. The molecule has 23 heavy (non-hydrogen) atoms. The molecule has 134 valence electrons. The molecule has 0 radical (unpaired) electrons. The van der Waals surface area contributed by atoms with Gasteiger partial charge in [0.25, 0.3) is 0 Å². The van der Waals surface area contributed by atoms with Gasteiger partial charge in [-0.3, -0.25) is 9.69 Å². The number of rotatable bonds is 6. The van der Waals surface area contributed by atoms with Gasteiger partial charge in [-0.05, 0) is 6.92 Å². The first kappa shape index (κ1) is 22.1. The Balaban J connectivity index is 0.00000242. The Morgan fingerprint density at radius 3 is 2.52 bits per heavy atom. The van der Waals surface area contributed by atoms with E-state index in [4.69, 9.17) is 15.0 Å². The third-order valence-corrected chi connectivity index (χ3v) is 3.78. The first-order valence-corrected chi connectivity index (χ1v) is 7.27. The number of amides is 1. The van der Waals surface area contributed by atoms with Crippen molar-refractivity contribution in [2.24, 2.45) is 5.73 Å². The van der Waals surface area contributed by atoms with Gasteiger partial charge >= 0.3 is 0 Å². The maximum atomic E-state index is 12.1. The van der Waals surface area contributed by atoms with Gasteiger partial charge in [-0.25, -0.2) is 0 Å². The Morgan fingerprint density at radius 2 is 2.04 bits per heavy atom. The molecule has 2 heterocycles. The number of methoxy groups -OCH3 is 1. The van der Waals surface area contributed by atoms with Crippen LogP contribution in [0, 0.1) is 6.92 Å². The van der Waals surface area contributed by atoms with Crippen molar-refractivity contribution < 1.29 is 14.1 Å². The van der Waals surface area contributed by atoms with Crippen LogP contribution in [0.3, 0.4) is 0 Å². The van der Waals surface area contributed by atoms with E-state index >= 15 is 0 Å². The van der Waals surface area contributed by atoms with E-state index in [1.165, 1.54) is 0 Å². The number of carbonyl (C=O) groups excluding carboxylic acids is 1. The molecule has 1 aliphatic heterocycles. The fraction of sp³-hybridized carbons (Fsp3) is 0.714. The summed E-state index contributed by atoms with van der Waals surface area (Å²) in [5.41, 5.74) is 6.45. The molecule has 0 aromatic carbocycles. The van der Waals surface area contributed by atoms with Gasteiger partial charge in [-0.1, -0.05) is 5.16 Å². The predicted molar refractivity (Wildman–Crippen MR) is 92.1 cm³/mol. The van der Waals surface area contributed by atoms with E-state index in [1.54, 1.807) is 7.11 Å². The summed E-state index contributed by atoms with van der Waals surface area (Å²) in [5, 5.41) is 3.88. The number of hydrogen-bond acceptors (Lipinski definition) is 6. The minimum Gasteiger partial charge on any atom is -0.380 e. The van der Waals surface area contributed by atoms with E-state index in [1.807, 2.05) is 17.9 Å². The number of nitrogens with two attached hydrogens (primary N) is 1. The number of aromatic nitrogens is 1. The highest BCUT2D eigenvalue weighted by molar-refractivity contribution is 5.85. The third kappa shape index (κ3) is 6.64. The lowest BCUT2D eigenvalue weighted by Crippen LogP contribution is -2.49. The number of carbonyl (C=O) groups is 1. The highest BCUT2D eigenvalue weighted by atomic mass is 35.5. The van der Waals surface area contributed by atoms with Crippen molar-refractivity contribution in [2.45, 2.75) is 26.0 Å². The molecular formula is C14H26Cl2N4O3. The highest BCUT2D eigenvalue weighted by Gasteiger charge is 2.23. The zero-order chi connectivity index (χ0) is 15.2. The second kappa shape index (κ2) is 10.8. The largest absolute Gasteiger partial charge is 0.380 e. The van der Waals surface area contributed by atoms with E-state index < -0.39 is 0 Å². The molecule has 1 aliphatic rings. The van der Waals surface area contributed by atoms with Gasteiger partial charge in [0.2, 0.25) is 5.91 Å². The van der Waals surface area contributed by atoms with Crippen LogP contribution in [0.4, 0.5) is 0 Å². The standard InChI is InChI=1S/C14H24N4O3.2ClH/c1-11-7-13(21-16-11)10-17-3-5-18(6-4-17)14(19)8-12(9-15)20-2;;/h7,12H,3-6,8-10,15H2,1-2H3;2*1H. The van der Waals surface area contributed by atoms with Crippen molar-refractivity contribution >= 4 is 30.7 Å². The molecule has 1 unspecified atom stereocenters. The summed E-state index contributed by atoms with van der Waals surface area (Å²) < 4.78 is 10.4. The van der Waals surface area contributed by atoms with Crippen molar-refractivity contribution in [3.63, 3.8) is 0 Å². The van der Waals surface area contributed by atoms with Crippen LogP contribution in [-0.4, -0.2) is 66.8 Å². The summed E-state index contributed by atoms with van der Waals surface area (Å²) in [4.78, 5) is 16.3. The Bertz CT molecular complexity index is 461. The van der Waals surface area contributed by atoms with E-state index in [-0.39, 0.29) is 36.8 Å². The molecule has 1 fully saturated rings. The molecule has 9 heteroatoms. The monoisotopic (exact) mass is 368 g/mol. The lowest BCUT2D eigenvalue weighted by molar-refractivity contribution is -0.135. The van der Waals surface area contributed by atoms with Gasteiger partial charge in [0.1, 0.15) is 0 Å². The van der Waals surface area contributed by atoms with Crippen LogP contribution in [0.25, 0.3) is 0 Å². The average Bonchev–Trinajstić information content (AvgIpc) is 2.90. The molecule has 0 aliphatic carbocycles. The van der Waals surface area contributed by atoms with Gasteiger partial charge in [0, 0.05) is 45.9 Å². The topological polar surface area (TPSA) is 84.8 Å². The van der Waals surface area contributed by atoms with Gasteiger partial charge in [-0.2, -0.15) is 0 Å². The molecule has 7 nitrogen and oxygen atoms in total. The van der Waals surface area contributed by atoms with Crippen molar-refractivity contribution in [3.8, 4) is 0 Å². The van der Waals surface area contributed by atoms with Crippen LogP contribution in [0.1, 0.15) is 17.9 Å². The number of piperazine rings is 1. The van der Waals surface area contributed by atoms with Crippen LogP contribution in [0.15, 0.2) is 10.6 Å². The second-order valence-corrected chi connectivity index (χ2v) is 5.39. The minimum absolute atomic E-state index is 0. The SMILES string of the molecule is COC(CN)CC(=O)N1CCN(Cc2cc(C)no2)CC1.Cl.Cl. The first-order chi connectivity index (χ1) is 10.1. The van der Waals surface area contributed by atoms with Crippen LogP contribution >= 0.6 is 24.8 Å². The molecular weight excluding hydrogens is 343 g/mol. The summed E-state index contributed by atoms with van der Waals surface area (Å²) in [5.74, 6) is 0.984. The molecule has 1 aromatic rings. The third-order valence-electron chi connectivity index (χ3n) is 3.78. The Morgan fingerprint density at radius 1 is 1.39 bits per heavy atom. The van der Waals surface area contributed by atoms with Crippen LogP contribution in [-0.2, 0) is 16.1 Å². The average molecular weight is 369 g/mol. The maximum absolute atomic E-state index is 12.1. The van der Waals surface area contributed by atoms with E-state index in [0.29, 0.717) is 13.0 Å². The minimum atomic E-state index is -0.187. The highest BCUT2D eigenvalue weighted by Crippen LogP contribution is 2.11. The van der Waals surface area contributed by atoms with Crippen molar-refractivity contribution in [3.05, 3.63) is 17.5 Å². The quantitative estimate of drug-likeness (QED) is 0.800. The molecule has 1 amide bonds. The molecule has 1 atom stereocenters. The summed E-state index contributed by atoms with van der Waals surface area (Å²) in [6.07, 6.45) is 0.168. The van der Waals surface area contributed by atoms with Gasteiger partial charge < -0.3 is 19.9 Å². The van der Waals surface area contributed by atoms with Crippen LogP contribution < -0.4 is 5.73 Å².